The number of pyridine rings is 1. The maximum atomic E-state index is 12.8. The molecule has 0 unspecified atom stereocenters. The second-order valence-corrected chi connectivity index (χ2v) is 11.1. The van der Waals surface area contributed by atoms with Gasteiger partial charge in [-0.1, -0.05) is 5.16 Å². The minimum Gasteiger partial charge on any atom is -0.503 e. The van der Waals surface area contributed by atoms with Crippen molar-refractivity contribution in [3.8, 4) is 5.75 Å². The van der Waals surface area contributed by atoms with Gasteiger partial charge in [0, 0.05) is 24.7 Å². The second-order valence-electron chi connectivity index (χ2n) is 8.85. The molecule has 8 N–H and O–H groups in total. The molecule has 0 aliphatic carbocycles. The average molecular weight is 630 g/mol. The Morgan fingerprint density at radius 3 is 2.52 bits per heavy atom. The zero-order chi connectivity index (χ0) is 31.6. The Morgan fingerprint density at radius 1 is 1.31 bits per heavy atom. The molecule has 1 fully saturated rings. The number of nitrogens with zero attached hydrogens (tertiary/aromatic N) is 4. The molecule has 22 heteroatoms. The predicted molar refractivity (Wildman–Crippen MR) is 141 cm³/mol. The van der Waals surface area contributed by atoms with Crippen molar-refractivity contribution in [1.82, 2.24) is 34.7 Å². The van der Waals surface area contributed by atoms with Crippen LogP contribution in [0.2, 0.25) is 0 Å². The van der Waals surface area contributed by atoms with Gasteiger partial charge in [0.05, 0.1) is 6.54 Å². The molecule has 1 atom stereocenters. The normalized spacial score (nSPS) is 15.4. The molecule has 5 amide bonds. The molecule has 2 aromatic rings. The number of oxime groups is 1. The fourth-order valence-corrected chi connectivity index (χ4v) is 4.30. The number of carboxylic acid groups (broad SMARTS) is 1. The second kappa shape index (κ2) is 11.8. The van der Waals surface area contributed by atoms with Crippen molar-refractivity contribution >= 4 is 62.1 Å². The highest BCUT2D eigenvalue weighted by molar-refractivity contribution is 7.88. The topological polar surface area (TPSA) is 296 Å². The first-order chi connectivity index (χ1) is 19.4. The van der Waals surface area contributed by atoms with Gasteiger partial charge in [-0.15, -0.1) is 16.2 Å². The lowest BCUT2D eigenvalue weighted by molar-refractivity contribution is -0.161. The fraction of sp³-hybridized carbons (Fsp3) is 0.300. The van der Waals surface area contributed by atoms with Gasteiger partial charge in [0.15, 0.2) is 16.6 Å². The van der Waals surface area contributed by atoms with E-state index in [2.05, 4.69) is 20.4 Å². The van der Waals surface area contributed by atoms with E-state index in [0.717, 1.165) is 24.6 Å². The molecule has 1 saturated heterocycles. The van der Waals surface area contributed by atoms with E-state index in [0.29, 0.717) is 16.0 Å². The highest BCUT2D eigenvalue weighted by atomic mass is 32.2. The van der Waals surface area contributed by atoms with E-state index in [1.165, 1.54) is 23.9 Å². The molecule has 0 saturated carbocycles. The third kappa shape index (κ3) is 7.15. The van der Waals surface area contributed by atoms with E-state index in [4.69, 9.17) is 10.6 Å². The van der Waals surface area contributed by atoms with E-state index in [-0.39, 0.29) is 10.8 Å². The number of thiazole rings is 1. The summed E-state index contributed by atoms with van der Waals surface area (Å²) in [5.74, 6) is -5.20. The van der Waals surface area contributed by atoms with Crippen molar-refractivity contribution in [2.24, 2.45) is 5.16 Å². The number of amides is 5. The maximum Gasteiger partial charge on any atom is 0.350 e. The van der Waals surface area contributed by atoms with Gasteiger partial charge in [-0.3, -0.25) is 29.1 Å². The molecule has 20 nitrogen and oxygen atoms in total. The first-order valence-electron chi connectivity index (χ1n) is 11.3. The summed E-state index contributed by atoms with van der Waals surface area (Å²) >= 11 is 0.937. The third-order valence-corrected chi connectivity index (χ3v) is 6.88. The predicted octanol–water partition coefficient (Wildman–Crippen LogP) is -2.74. The standard InChI is InChI=1S/C20H23N9O11S2/c1-20(2,17(35)36)40-25-13(10-7-41-18(21)24-10)14(32)23-9-6-29(16(9)34)19(37)26-42(38,39)27-28(3)15(33)8-4-11(30)12(31)5-22-8/h4-5,7,9,27,31H,6H2,1-3H3,(H2,21,24)(H,22,30)(H,23,32)(H,26,37)(H,35,36)/t9-/m0/s1. The molecule has 226 valence electrons. The molecule has 2 aromatic heterocycles. The van der Waals surface area contributed by atoms with Crippen LogP contribution in [0.1, 0.15) is 30.0 Å². The van der Waals surface area contributed by atoms with Crippen LogP contribution in [0.5, 0.6) is 5.75 Å². The van der Waals surface area contributed by atoms with Crippen molar-refractivity contribution in [3.63, 3.8) is 0 Å². The summed E-state index contributed by atoms with van der Waals surface area (Å²) in [6.45, 7) is 1.85. The van der Waals surface area contributed by atoms with E-state index in [9.17, 15) is 47.4 Å². The average Bonchev–Trinajstić information content (AvgIpc) is 3.31. The largest absolute Gasteiger partial charge is 0.503 e. The van der Waals surface area contributed by atoms with Gasteiger partial charge in [-0.05, 0) is 13.8 Å². The van der Waals surface area contributed by atoms with Crippen LogP contribution in [0, 0.1) is 0 Å². The molecule has 0 radical (unpaired) electrons. The summed E-state index contributed by atoms with van der Waals surface area (Å²) in [6, 6.07) is -2.03. The van der Waals surface area contributed by atoms with Crippen molar-refractivity contribution in [2.75, 3.05) is 19.3 Å². The first-order valence-corrected chi connectivity index (χ1v) is 13.6. The van der Waals surface area contributed by atoms with Crippen LogP contribution in [0.25, 0.3) is 0 Å². The first kappa shape index (κ1) is 31.4. The number of hydrazine groups is 1. The summed E-state index contributed by atoms with van der Waals surface area (Å²) in [4.78, 5) is 86.1. The smallest absolute Gasteiger partial charge is 0.350 e. The molecule has 42 heavy (non-hydrogen) atoms. The number of carboxylic acids is 1. The molecule has 3 rings (SSSR count). The molecule has 3 heterocycles. The van der Waals surface area contributed by atoms with Crippen LogP contribution >= 0.6 is 11.3 Å². The zero-order valence-corrected chi connectivity index (χ0v) is 23.4. The number of carbonyl (C=O) groups excluding carboxylic acids is 4. The number of hydrogen-bond acceptors (Lipinski definition) is 14. The summed E-state index contributed by atoms with van der Waals surface area (Å²) in [5.41, 5.74) is 1.81. The number of hydrogen-bond donors (Lipinski definition) is 7. The summed E-state index contributed by atoms with van der Waals surface area (Å²) in [5, 5.41) is 26.0. The van der Waals surface area contributed by atoms with Gasteiger partial charge in [0.2, 0.25) is 11.0 Å². The number of aliphatic carboxylic acids is 1. The Balaban J connectivity index is 1.62. The number of nitrogens with two attached hydrogens (primary N) is 1. The van der Waals surface area contributed by atoms with Gasteiger partial charge < -0.3 is 31.1 Å². The lowest BCUT2D eigenvalue weighted by Crippen LogP contribution is -2.68. The lowest BCUT2D eigenvalue weighted by Gasteiger charge is -2.36. The number of imide groups is 1. The Bertz CT molecular complexity index is 1650. The SMILES string of the molecule is CN(NS(=O)(=O)NC(=O)N1C[C@H](NC(=O)C(=NOC(C)(C)C(=O)O)c2csc(N)n2)C1=O)C(=O)c1cc(=O)c(O)c[nH]1. The molecular weight excluding hydrogens is 606 g/mol. The van der Waals surface area contributed by atoms with Gasteiger partial charge in [-0.2, -0.15) is 8.42 Å². The highest BCUT2D eigenvalue weighted by Gasteiger charge is 2.44. The number of rotatable bonds is 10. The third-order valence-electron chi connectivity index (χ3n) is 5.25. The summed E-state index contributed by atoms with van der Waals surface area (Å²) in [6.07, 6.45) is 0.815. The number of nitrogens with one attached hydrogen (secondary N) is 4. The number of aromatic nitrogens is 2. The highest BCUT2D eigenvalue weighted by Crippen LogP contribution is 2.17. The van der Waals surface area contributed by atoms with Crippen LogP contribution in [-0.4, -0.2) is 99.2 Å². The van der Waals surface area contributed by atoms with E-state index in [1.807, 2.05) is 0 Å². The van der Waals surface area contributed by atoms with Gasteiger partial charge >= 0.3 is 22.2 Å². The number of urea groups is 1. The fourth-order valence-electron chi connectivity index (χ4n) is 2.93. The number of H-pyrrole nitrogens is 1. The van der Waals surface area contributed by atoms with Crippen LogP contribution in [-0.2, 0) is 29.4 Å². The van der Waals surface area contributed by atoms with E-state index < -0.39 is 80.7 Å². The van der Waals surface area contributed by atoms with E-state index >= 15 is 0 Å². The molecule has 0 bridgehead atoms. The Hall–Kier alpha value is -5.09. The van der Waals surface area contributed by atoms with Crippen molar-refractivity contribution in [1.29, 1.82) is 0 Å². The minimum atomic E-state index is -4.78. The van der Waals surface area contributed by atoms with Crippen LogP contribution in [0.4, 0.5) is 9.93 Å². The van der Waals surface area contributed by atoms with E-state index in [1.54, 1.807) is 4.83 Å². The minimum absolute atomic E-state index is 0.0454. The summed E-state index contributed by atoms with van der Waals surface area (Å²) < 4.78 is 26.2. The maximum absolute atomic E-state index is 12.8. The summed E-state index contributed by atoms with van der Waals surface area (Å²) in [7, 11) is -3.83. The lowest BCUT2D eigenvalue weighted by atomic mass is 10.1. The number of nitrogen functional groups attached to an aromatic ring is 1. The van der Waals surface area contributed by atoms with Crippen LogP contribution < -0.4 is 26.0 Å². The molecule has 0 aromatic carbocycles. The molecule has 1 aliphatic heterocycles. The van der Waals surface area contributed by atoms with Crippen molar-refractivity contribution in [2.45, 2.75) is 25.5 Å². The number of carbonyl (C=O) groups is 5. The van der Waals surface area contributed by atoms with Crippen molar-refractivity contribution < 1.29 is 47.4 Å². The van der Waals surface area contributed by atoms with Gasteiger partial charge in [0.25, 0.3) is 17.7 Å². The van der Waals surface area contributed by atoms with Gasteiger partial charge in [-0.25, -0.2) is 19.3 Å². The van der Waals surface area contributed by atoms with Gasteiger partial charge in [0.1, 0.15) is 17.4 Å². The number of likely N-dealkylation sites (tertiary alicyclic amines) is 1. The van der Waals surface area contributed by atoms with Crippen LogP contribution in [0.3, 0.4) is 0 Å². The Morgan fingerprint density at radius 2 is 1.98 bits per heavy atom. The van der Waals surface area contributed by atoms with Crippen molar-refractivity contribution in [3.05, 3.63) is 39.3 Å². The monoisotopic (exact) mass is 629 g/mol. The molecule has 0 spiro atoms. The zero-order valence-electron chi connectivity index (χ0n) is 21.8. The number of β-lactam (4-membered cyclic amide) rings is 1. The van der Waals surface area contributed by atoms with Crippen LogP contribution in [0.15, 0.2) is 27.6 Å². The Kier molecular flexibility index (Phi) is 8.83. The molecule has 1 aliphatic rings. The number of aromatic amines is 1. The number of aromatic hydroxyl groups is 1. The number of anilines is 1. The molecular formula is C20H23N9O11S2. The Labute approximate surface area is 239 Å². The quantitative estimate of drug-likeness (QED) is 0.0798.